The lowest BCUT2D eigenvalue weighted by Crippen LogP contribution is -2.33. The molecule has 1 N–H and O–H groups in total. The van der Waals surface area contributed by atoms with Crippen LogP contribution in [0.4, 0.5) is 5.69 Å². The molecular weight excluding hydrogens is 468 g/mol. The van der Waals surface area contributed by atoms with E-state index >= 15 is 0 Å². The second-order valence-corrected chi connectivity index (χ2v) is 8.32. The van der Waals surface area contributed by atoms with Gasteiger partial charge >= 0.3 is 5.97 Å². The van der Waals surface area contributed by atoms with Gasteiger partial charge in [0.15, 0.2) is 6.10 Å². The zero-order chi connectivity index (χ0) is 25.1. The molecule has 0 fully saturated rings. The second kappa shape index (κ2) is 10.0. The minimum Gasteiger partial charge on any atom is -0.495 e. The van der Waals surface area contributed by atoms with Gasteiger partial charge in [0, 0.05) is 23.0 Å². The van der Waals surface area contributed by atoms with Gasteiger partial charge in [-0.15, -0.1) is 0 Å². The summed E-state index contributed by atoms with van der Waals surface area (Å²) in [6.07, 6.45) is -1.17. The van der Waals surface area contributed by atoms with Crippen LogP contribution in [0.5, 0.6) is 5.75 Å². The number of rotatable bonds is 6. The van der Waals surface area contributed by atoms with Crippen molar-refractivity contribution in [2.75, 3.05) is 12.4 Å². The average molecular weight is 491 g/mol. The number of pyridine rings is 1. The van der Waals surface area contributed by atoms with Gasteiger partial charge in [0.1, 0.15) is 11.4 Å². The van der Waals surface area contributed by atoms with E-state index in [0.717, 1.165) is 5.56 Å². The van der Waals surface area contributed by atoms with Crippen molar-refractivity contribution in [3.05, 3.63) is 93.9 Å². The number of carbonyl (C=O) groups is 2. The number of anilines is 1. The number of hydrogen-bond donors (Lipinski definition) is 1. The second-order valence-electron chi connectivity index (χ2n) is 7.88. The lowest BCUT2D eigenvalue weighted by atomic mass is 9.97. The molecule has 0 aliphatic heterocycles. The topological polar surface area (TPSA) is 86.6 Å². The van der Waals surface area contributed by atoms with Crippen molar-refractivity contribution in [3.8, 4) is 16.9 Å². The molecular formula is C27H23ClN2O5. The highest BCUT2D eigenvalue weighted by atomic mass is 35.5. The molecule has 0 saturated carbocycles. The molecule has 1 heterocycles. The normalized spacial score (nSPS) is 11.7. The molecule has 1 unspecified atom stereocenters. The summed E-state index contributed by atoms with van der Waals surface area (Å²) in [5.41, 5.74) is 1.35. The highest BCUT2D eigenvalue weighted by Crippen LogP contribution is 2.31. The van der Waals surface area contributed by atoms with E-state index in [-0.39, 0.29) is 11.3 Å². The van der Waals surface area contributed by atoms with Crippen molar-refractivity contribution in [2.45, 2.75) is 13.0 Å². The van der Waals surface area contributed by atoms with Gasteiger partial charge in [-0.25, -0.2) is 4.79 Å². The smallest absolute Gasteiger partial charge is 0.356 e. The summed E-state index contributed by atoms with van der Waals surface area (Å²) in [5, 5.41) is 4.17. The standard InChI is InChI=1S/C27H23ClN2O5/c1-16(25(31)29-21-15-18(28)13-14-22(21)34-3)35-27(33)24-23(17-9-5-4-6-10-17)19-11-7-8-12-20(19)26(32)30(24)2/h4-16H,1-3H3,(H,29,31). The molecule has 0 spiro atoms. The SMILES string of the molecule is COc1ccc(Cl)cc1NC(=O)C(C)OC(=O)c1c(-c2ccccc2)c2ccccc2c(=O)n1C. The zero-order valence-electron chi connectivity index (χ0n) is 19.4. The minimum absolute atomic E-state index is 0.0555. The number of halogens is 1. The molecule has 1 aromatic heterocycles. The molecule has 1 atom stereocenters. The van der Waals surface area contributed by atoms with Gasteiger partial charge in [-0.05, 0) is 42.1 Å². The molecule has 0 radical (unpaired) electrons. The van der Waals surface area contributed by atoms with Crippen molar-refractivity contribution in [3.63, 3.8) is 0 Å². The predicted molar refractivity (Wildman–Crippen MR) is 136 cm³/mol. The molecule has 178 valence electrons. The fourth-order valence-corrected chi connectivity index (χ4v) is 4.06. The Labute approximate surface area is 206 Å². The Morgan fingerprint density at radius 1 is 0.971 bits per heavy atom. The van der Waals surface area contributed by atoms with Gasteiger partial charge in [-0.2, -0.15) is 0 Å². The number of aromatic nitrogens is 1. The summed E-state index contributed by atoms with van der Waals surface area (Å²) < 4.78 is 12.0. The molecule has 0 saturated heterocycles. The van der Waals surface area contributed by atoms with Crippen molar-refractivity contribution >= 4 is 39.9 Å². The van der Waals surface area contributed by atoms with Crippen molar-refractivity contribution in [1.82, 2.24) is 4.57 Å². The van der Waals surface area contributed by atoms with Crippen molar-refractivity contribution in [1.29, 1.82) is 0 Å². The van der Waals surface area contributed by atoms with Gasteiger partial charge < -0.3 is 19.4 Å². The highest BCUT2D eigenvalue weighted by molar-refractivity contribution is 6.31. The first-order valence-corrected chi connectivity index (χ1v) is 11.2. The van der Waals surface area contributed by atoms with E-state index in [1.54, 1.807) is 36.4 Å². The number of carbonyl (C=O) groups excluding carboxylic acids is 2. The summed E-state index contributed by atoms with van der Waals surface area (Å²) in [5.74, 6) is -0.967. The Balaban J connectivity index is 1.71. The number of fused-ring (bicyclic) bond motifs is 1. The van der Waals surface area contributed by atoms with E-state index in [2.05, 4.69) is 5.32 Å². The van der Waals surface area contributed by atoms with E-state index in [1.807, 2.05) is 30.3 Å². The van der Waals surface area contributed by atoms with Crippen LogP contribution in [0.15, 0.2) is 77.6 Å². The van der Waals surface area contributed by atoms with Crippen LogP contribution in [0, 0.1) is 0 Å². The summed E-state index contributed by atoms with van der Waals surface area (Å²) in [4.78, 5) is 39.3. The summed E-state index contributed by atoms with van der Waals surface area (Å²) in [6.45, 7) is 1.45. The minimum atomic E-state index is -1.17. The number of methoxy groups -OCH3 is 1. The number of nitrogens with zero attached hydrogens (tertiary/aromatic N) is 1. The van der Waals surface area contributed by atoms with Crippen LogP contribution in [-0.4, -0.2) is 29.7 Å². The molecule has 1 amide bonds. The molecule has 35 heavy (non-hydrogen) atoms. The van der Waals surface area contributed by atoms with Crippen LogP contribution >= 0.6 is 11.6 Å². The van der Waals surface area contributed by atoms with E-state index < -0.39 is 18.0 Å². The van der Waals surface area contributed by atoms with Crippen LogP contribution in [0.25, 0.3) is 21.9 Å². The van der Waals surface area contributed by atoms with Crippen LogP contribution in [0.3, 0.4) is 0 Å². The Morgan fingerprint density at radius 3 is 2.31 bits per heavy atom. The third-order valence-electron chi connectivity index (χ3n) is 5.63. The summed E-state index contributed by atoms with van der Waals surface area (Å²) in [7, 11) is 2.98. The first-order chi connectivity index (χ1) is 16.8. The van der Waals surface area contributed by atoms with Crippen LogP contribution < -0.4 is 15.6 Å². The number of amides is 1. The van der Waals surface area contributed by atoms with Gasteiger partial charge in [0.2, 0.25) is 0 Å². The van der Waals surface area contributed by atoms with Crippen molar-refractivity contribution < 1.29 is 19.1 Å². The third kappa shape index (κ3) is 4.76. The maximum absolute atomic E-state index is 13.4. The molecule has 0 aliphatic carbocycles. The van der Waals surface area contributed by atoms with Gasteiger partial charge in [-0.1, -0.05) is 60.1 Å². The average Bonchev–Trinajstić information content (AvgIpc) is 2.86. The summed E-state index contributed by atoms with van der Waals surface area (Å²) >= 11 is 6.03. The number of hydrogen-bond acceptors (Lipinski definition) is 5. The fraction of sp³-hybridized carbons (Fsp3) is 0.148. The largest absolute Gasteiger partial charge is 0.495 e. The Hall–Kier alpha value is -4.10. The molecule has 3 aromatic carbocycles. The molecule has 0 aliphatic rings. The molecule has 7 nitrogen and oxygen atoms in total. The van der Waals surface area contributed by atoms with E-state index in [4.69, 9.17) is 21.1 Å². The Morgan fingerprint density at radius 2 is 1.63 bits per heavy atom. The molecule has 0 bridgehead atoms. The predicted octanol–water partition coefficient (Wildman–Crippen LogP) is 5.05. The molecule has 4 rings (SSSR count). The zero-order valence-corrected chi connectivity index (χ0v) is 20.1. The maximum atomic E-state index is 13.4. The lowest BCUT2D eigenvalue weighted by molar-refractivity contribution is -0.123. The third-order valence-corrected chi connectivity index (χ3v) is 5.87. The van der Waals surface area contributed by atoms with E-state index in [0.29, 0.717) is 32.8 Å². The van der Waals surface area contributed by atoms with Crippen LogP contribution in [0.1, 0.15) is 17.4 Å². The lowest BCUT2D eigenvalue weighted by Gasteiger charge is -2.19. The first kappa shape index (κ1) is 24.0. The van der Waals surface area contributed by atoms with Gasteiger partial charge in [0.05, 0.1) is 12.8 Å². The van der Waals surface area contributed by atoms with E-state index in [1.165, 1.54) is 31.7 Å². The van der Waals surface area contributed by atoms with E-state index in [9.17, 15) is 14.4 Å². The van der Waals surface area contributed by atoms with Crippen molar-refractivity contribution in [2.24, 2.45) is 7.05 Å². The first-order valence-electron chi connectivity index (χ1n) is 10.8. The molecule has 4 aromatic rings. The Bertz CT molecular complexity index is 1480. The van der Waals surface area contributed by atoms with Crippen LogP contribution in [0.2, 0.25) is 5.02 Å². The number of ether oxygens (including phenoxy) is 2. The summed E-state index contributed by atoms with van der Waals surface area (Å²) in [6, 6.07) is 21.1. The quantitative estimate of drug-likeness (QED) is 0.382. The highest BCUT2D eigenvalue weighted by Gasteiger charge is 2.26. The van der Waals surface area contributed by atoms with Crippen LogP contribution in [-0.2, 0) is 16.6 Å². The number of benzene rings is 3. The number of esters is 1. The van der Waals surface area contributed by atoms with Gasteiger partial charge in [0.25, 0.3) is 11.5 Å². The van der Waals surface area contributed by atoms with Gasteiger partial charge in [-0.3, -0.25) is 9.59 Å². The fourth-order valence-electron chi connectivity index (χ4n) is 3.88. The maximum Gasteiger partial charge on any atom is 0.356 e. The number of nitrogens with one attached hydrogen (secondary N) is 1. The molecule has 8 heteroatoms. The monoisotopic (exact) mass is 490 g/mol. The Kier molecular flexibility index (Phi) is 6.89.